The average molecular weight is 386 g/mol. The largest absolute Gasteiger partial charge is 0.496 e. The van der Waals surface area contributed by atoms with Gasteiger partial charge < -0.3 is 14.6 Å². The van der Waals surface area contributed by atoms with Crippen LogP contribution in [0.2, 0.25) is 0 Å². The molecule has 2 aromatic carbocycles. The normalized spacial score (nSPS) is 10.3. The van der Waals surface area contributed by atoms with Crippen LogP contribution >= 0.6 is 0 Å². The summed E-state index contributed by atoms with van der Waals surface area (Å²) in [5.74, 6) is -1.40. The van der Waals surface area contributed by atoms with E-state index in [1.54, 1.807) is 0 Å². The second-order valence-corrected chi connectivity index (χ2v) is 6.51. The van der Waals surface area contributed by atoms with Gasteiger partial charge in [0.1, 0.15) is 22.9 Å². The van der Waals surface area contributed by atoms with Crippen LogP contribution in [0.3, 0.4) is 0 Å². The molecule has 2 rings (SSSR count). The van der Waals surface area contributed by atoms with E-state index < -0.39 is 11.8 Å². The van der Waals surface area contributed by atoms with Crippen molar-refractivity contribution in [2.45, 2.75) is 26.7 Å². The minimum absolute atomic E-state index is 0.0732. The summed E-state index contributed by atoms with van der Waals surface area (Å²) in [6.07, 6.45) is 2.16. The molecule has 28 heavy (non-hydrogen) atoms. The lowest BCUT2D eigenvalue weighted by Gasteiger charge is -2.18. The summed E-state index contributed by atoms with van der Waals surface area (Å²) in [7, 11) is 2.84. The fourth-order valence-corrected chi connectivity index (χ4v) is 2.93. The van der Waals surface area contributed by atoms with Crippen LogP contribution in [0.5, 0.6) is 11.5 Å². The lowest BCUT2D eigenvalue weighted by atomic mass is 9.90. The molecule has 0 aliphatic heterocycles. The van der Waals surface area contributed by atoms with E-state index in [9.17, 15) is 19.1 Å². The van der Waals surface area contributed by atoms with Crippen LogP contribution < -0.4 is 9.47 Å². The van der Waals surface area contributed by atoms with Gasteiger partial charge in [0.15, 0.2) is 5.78 Å². The Bertz CT molecular complexity index is 910. The van der Waals surface area contributed by atoms with E-state index in [0.717, 1.165) is 5.57 Å². The number of benzene rings is 2. The summed E-state index contributed by atoms with van der Waals surface area (Å²) in [6.45, 7) is 3.86. The molecule has 0 aromatic heterocycles. The van der Waals surface area contributed by atoms with E-state index in [0.29, 0.717) is 28.9 Å². The predicted molar refractivity (Wildman–Crippen MR) is 104 cm³/mol. The van der Waals surface area contributed by atoms with Crippen molar-refractivity contribution >= 4 is 11.8 Å². The highest BCUT2D eigenvalue weighted by molar-refractivity contribution is 6.01. The Kier molecular flexibility index (Phi) is 6.93. The van der Waals surface area contributed by atoms with Gasteiger partial charge >= 0.3 is 5.97 Å². The van der Waals surface area contributed by atoms with Gasteiger partial charge in [0.25, 0.3) is 0 Å². The van der Waals surface area contributed by atoms with Crippen LogP contribution in [-0.2, 0) is 12.8 Å². The first kappa shape index (κ1) is 21.2. The number of hydrogen-bond donors (Lipinski definition) is 1. The maximum absolute atomic E-state index is 13.2. The highest BCUT2D eigenvalue weighted by Crippen LogP contribution is 2.35. The molecule has 0 fully saturated rings. The van der Waals surface area contributed by atoms with E-state index in [1.165, 1.54) is 44.6 Å². The minimum atomic E-state index is -1.19. The van der Waals surface area contributed by atoms with E-state index in [1.807, 2.05) is 19.9 Å². The number of ketones is 1. The molecule has 0 saturated carbocycles. The molecule has 148 valence electrons. The van der Waals surface area contributed by atoms with Crippen molar-refractivity contribution in [1.82, 2.24) is 0 Å². The van der Waals surface area contributed by atoms with Gasteiger partial charge in [-0.25, -0.2) is 9.18 Å². The lowest BCUT2D eigenvalue weighted by Crippen LogP contribution is -2.14. The van der Waals surface area contributed by atoms with E-state index in [-0.39, 0.29) is 23.5 Å². The third-order valence-electron chi connectivity index (χ3n) is 4.34. The van der Waals surface area contributed by atoms with Crippen molar-refractivity contribution in [2.75, 3.05) is 14.2 Å². The fourth-order valence-electron chi connectivity index (χ4n) is 2.93. The Labute approximate surface area is 163 Å². The molecule has 0 radical (unpaired) electrons. The topological polar surface area (TPSA) is 72.8 Å². The number of carbonyl (C=O) groups excluding carboxylic acids is 1. The molecule has 0 unspecified atom stereocenters. The zero-order chi connectivity index (χ0) is 20.8. The number of methoxy groups -OCH3 is 2. The number of halogens is 1. The Morgan fingerprint density at radius 3 is 2.14 bits per heavy atom. The maximum atomic E-state index is 13.2. The molecule has 6 heteroatoms. The first-order chi connectivity index (χ1) is 13.3. The van der Waals surface area contributed by atoms with E-state index >= 15 is 0 Å². The zero-order valence-corrected chi connectivity index (χ0v) is 16.3. The third kappa shape index (κ3) is 4.76. The molecule has 2 aromatic rings. The van der Waals surface area contributed by atoms with Crippen molar-refractivity contribution in [3.8, 4) is 11.5 Å². The predicted octanol–water partition coefficient (Wildman–Crippen LogP) is 4.48. The standard InChI is InChI=1S/C22H23FO5/c1-13(2)5-10-16-17(11-18(24)14-6-8-15(23)9-7-14)21(22(25)26)20(28-4)12-19(16)27-3/h5-9,12H,10-11H2,1-4H3,(H,25,26). The number of aromatic carboxylic acids is 1. The molecular formula is C22H23FO5. The average Bonchev–Trinajstić information content (AvgIpc) is 2.65. The van der Waals surface area contributed by atoms with Gasteiger partial charge in [0.05, 0.1) is 14.2 Å². The third-order valence-corrected chi connectivity index (χ3v) is 4.34. The van der Waals surface area contributed by atoms with Crippen LogP contribution in [0.25, 0.3) is 0 Å². The Balaban J connectivity index is 2.65. The molecule has 0 atom stereocenters. The number of ether oxygens (including phenoxy) is 2. The van der Waals surface area contributed by atoms with Crippen molar-refractivity contribution < 1.29 is 28.6 Å². The smallest absolute Gasteiger partial charge is 0.339 e. The Morgan fingerprint density at radius 2 is 1.64 bits per heavy atom. The molecule has 0 aliphatic carbocycles. The summed E-state index contributed by atoms with van der Waals surface area (Å²) in [5, 5.41) is 9.77. The summed E-state index contributed by atoms with van der Waals surface area (Å²) in [4.78, 5) is 24.7. The summed E-state index contributed by atoms with van der Waals surface area (Å²) < 4.78 is 23.8. The highest BCUT2D eigenvalue weighted by Gasteiger charge is 2.25. The molecule has 5 nitrogen and oxygen atoms in total. The first-order valence-corrected chi connectivity index (χ1v) is 8.70. The summed E-state index contributed by atoms with van der Waals surface area (Å²) in [5.41, 5.74) is 2.21. The summed E-state index contributed by atoms with van der Waals surface area (Å²) >= 11 is 0. The van der Waals surface area contributed by atoms with Crippen molar-refractivity contribution in [2.24, 2.45) is 0 Å². The van der Waals surface area contributed by atoms with Crippen LogP contribution in [0.1, 0.15) is 45.7 Å². The van der Waals surface area contributed by atoms with Gasteiger partial charge in [-0.3, -0.25) is 4.79 Å². The zero-order valence-electron chi connectivity index (χ0n) is 16.3. The van der Waals surface area contributed by atoms with Gasteiger partial charge in [-0.2, -0.15) is 0 Å². The fraction of sp³-hybridized carbons (Fsp3) is 0.273. The molecule has 0 aliphatic rings. The second kappa shape index (κ2) is 9.17. The Hall–Kier alpha value is -3.15. The number of rotatable bonds is 8. The number of carboxylic acid groups (broad SMARTS) is 1. The van der Waals surface area contributed by atoms with Crippen LogP contribution in [0.15, 0.2) is 42.0 Å². The first-order valence-electron chi connectivity index (χ1n) is 8.70. The number of carbonyl (C=O) groups is 2. The molecule has 1 N–H and O–H groups in total. The van der Waals surface area contributed by atoms with Crippen LogP contribution in [0.4, 0.5) is 4.39 Å². The van der Waals surface area contributed by atoms with Crippen LogP contribution in [-0.4, -0.2) is 31.1 Å². The van der Waals surface area contributed by atoms with Crippen molar-refractivity contribution in [3.63, 3.8) is 0 Å². The maximum Gasteiger partial charge on any atom is 0.339 e. The van der Waals surface area contributed by atoms with Gasteiger partial charge in [-0.15, -0.1) is 0 Å². The molecule has 0 heterocycles. The van der Waals surface area contributed by atoms with E-state index in [4.69, 9.17) is 9.47 Å². The van der Waals surface area contributed by atoms with Crippen molar-refractivity contribution in [3.05, 3.63) is 70.1 Å². The minimum Gasteiger partial charge on any atom is -0.496 e. The Morgan fingerprint density at radius 1 is 1.04 bits per heavy atom. The van der Waals surface area contributed by atoms with Crippen molar-refractivity contribution in [1.29, 1.82) is 0 Å². The van der Waals surface area contributed by atoms with Crippen LogP contribution in [0, 0.1) is 5.82 Å². The van der Waals surface area contributed by atoms with E-state index in [2.05, 4.69) is 0 Å². The molecule has 0 saturated heterocycles. The summed E-state index contributed by atoms with van der Waals surface area (Å²) in [6, 6.07) is 6.67. The lowest BCUT2D eigenvalue weighted by molar-refractivity contribution is 0.0692. The molecule has 0 amide bonds. The monoisotopic (exact) mass is 386 g/mol. The number of carboxylic acids is 1. The molecular weight excluding hydrogens is 363 g/mol. The highest BCUT2D eigenvalue weighted by atomic mass is 19.1. The molecule has 0 spiro atoms. The van der Waals surface area contributed by atoms with Gasteiger partial charge in [-0.1, -0.05) is 11.6 Å². The number of hydrogen-bond acceptors (Lipinski definition) is 4. The number of Topliss-reactive ketones (excluding diaryl/α,β-unsaturated/α-hetero) is 1. The quantitative estimate of drug-likeness (QED) is 0.535. The number of allylic oxidation sites excluding steroid dienone is 2. The van der Waals surface area contributed by atoms with Gasteiger partial charge in [0, 0.05) is 23.6 Å². The SMILES string of the molecule is COc1cc(OC)c(C(=O)O)c(CC(=O)c2ccc(F)cc2)c1CC=C(C)C. The molecule has 0 bridgehead atoms. The van der Waals surface area contributed by atoms with Gasteiger partial charge in [-0.05, 0) is 50.1 Å². The van der Waals surface area contributed by atoms with Gasteiger partial charge in [0.2, 0.25) is 0 Å². The second-order valence-electron chi connectivity index (χ2n) is 6.51.